The summed E-state index contributed by atoms with van der Waals surface area (Å²) in [7, 11) is 0. The molecule has 3 N–H and O–H groups in total. The third-order valence-electron chi connectivity index (χ3n) is 3.22. The molecule has 0 radical (unpaired) electrons. The molecule has 1 saturated carbocycles. The van der Waals surface area contributed by atoms with Gasteiger partial charge in [0.1, 0.15) is 0 Å². The Morgan fingerprint density at radius 1 is 1.44 bits per heavy atom. The molecule has 1 aromatic rings. The van der Waals surface area contributed by atoms with Gasteiger partial charge in [-0.05, 0) is 30.0 Å². The predicted octanol–water partition coefficient (Wildman–Crippen LogP) is 1.67. The van der Waals surface area contributed by atoms with Crippen molar-refractivity contribution in [1.29, 1.82) is 0 Å². The maximum absolute atomic E-state index is 11.8. The number of nitrogens with two attached hydrogens (primary N) is 1. The second kappa shape index (κ2) is 4.66. The molecule has 0 aliphatic heterocycles. The third kappa shape index (κ3) is 2.42. The molecular weight excluding hydrogens is 200 g/mol. The Balaban J connectivity index is 1.93. The van der Waals surface area contributed by atoms with Crippen molar-refractivity contribution in [3.63, 3.8) is 0 Å². The van der Waals surface area contributed by atoms with Gasteiger partial charge in [-0.15, -0.1) is 0 Å². The van der Waals surface area contributed by atoms with Gasteiger partial charge in [0, 0.05) is 18.2 Å². The van der Waals surface area contributed by atoms with E-state index in [0.717, 1.165) is 24.0 Å². The Kier molecular flexibility index (Phi) is 3.25. The minimum absolute atomic E-state index is 0.0320. The van der Waals surface area contributed by atoms with Crippen LogP contribution in [-0.4, -0.2) is 11.9 Å². The molecule has 86 valence electrons. The Morgan fingerprint density at radius 3 is 2.62 bits per heavy atom. The third-order valence-corrected chi connectivity index (χ3v) is 3.22. The monoisotopic (exact) mass is 218 g/mol. The summed E-state index contributed by atoms with van der Waals surface area (Å²) in [6, 6.07) is 7.87. The van der Waals surface area contributed by atoms with Crippen LogP contribution in [0.2, 0.25) is 0 Å². The molecule has 0 bridgehead atoms. The standard InChI is InChI=1S/C13H18N2O/c1-2-10-7-12(10)15-13(16)11-5-3-9(8-14)4-6-11/h3-6,10,12H,2,7-8,14H2,1H3,(H,15,16). The highest BCUT2D eigenvalue weighted by Gasteiger charge is 2.36. The molecule has 1 aliphatic carbocycles. The second-order valence-corrected chi connectivity index (χ2v) is 4.39. The van der Waals surface area contributed by atoms with Crippen molar-refractivity contribution < 1.29 is 4.79 Å². The molecule has 2 atom stereocenters. The highest BCUT2D eigenvalue weighted by Crippen LogP contribution is 2.33. The summed E-state index contributed by atoms with van der Waals surface area (Å²) in [5, 5.41) is 3.04. The van der Waals surface area contributed by atoms with Crippen LogP contribution in [0.1, 0.15) is 35.7 Å². The summed E-state index contributed by atoms with van der Waals surface area (Å²) >= 11 is 0. The molecule has 2 rings (SSSR count). The Morgan fingerprint density at radius 2 is 2.12 bits per heavy atom. The Hall–Kier alpha value is -1.35. The zero-order chi connectivity index (χ0) is 11.5. The number of benzene rings is 1. The van der Waals surface area contributed by atoms with Crippen molar-refractivity contribution >= 4 is 5.91 Å². The van der Waals surface area contributed by atoms with Gasteiger partial charge >= 0.3 is 0 Å². The van der Waals surface area contributed by atoms with E-state index >= 15 is 0 Å². The summed E-state index contributed by atoms with van der Waals surface area (Å²) in [6.45, 7) is 2.68. The molecule has 0 heterocycles. The van der Waals surface area contributed by atoms with E-state index in [2.05, 4.69) is 12.2 Å². The molecule has 16 heavy (non-hydrogen) atoms. The lowest BCUT2D eigenvalue weighted by Crippen LogP contribution is -2.26. The summed E-state index contributed by atoms with van der Waals surface area (Å²) in [5.41, 5.74) is 7.27. The van der Waals surface area contributed by atoms with Crippen LogP contribution in [0.25, 0.3) is 0 Å². The van der Waals surface area contributed by atoms with E-state index in [0.29, 0.717) is 18.5 Å². The van der Waals surface area contributed by atoms with Gasteiger partial charge < -0.3 is 11.1 Å². The van der Waals surface area contributed by atoms with Crippen LogP contribution in [0, 0.1) is 5.92 Å². The normalized spacial score (nSPS) is 22.9. The van der Waals surface area contributed by atoms with E-state index in [1.807, 2.05) is 24.3 Å². The van der Waals surface area contributed by atoms with Gasteiger partial charge in [0.2, 0.25) is 0 Å². The molecule has 3 heteroatoms. The van der Waals surface area contributed by atoms with Gasteiger partial charge in [0.05, 0.1) is 0 Å². The van der Waals surface area contributed by atoms with Crippen LogP contribution in [0.5, 0.6) is 0 Å². The van der Waals surface area contributed by atoms with Gasteiger partial charge in [0.15, 0.2) is 0 Å². The second-order valence-electron chi connectivity index (χ2n) is 4.39. The number of carbonyl (C=O) groups excluding carboxylic acids is 1. The first kappa shape index (κ1) is 11.1. The van der Waals surface area contributed by atoms with E-state index in [1.165, 1.54) is 0 Å². The predicted molar refractivity (Wildman–Crippen MR) is 64.0 cm³/mol. The first-order chi connectivity index (χ1) is 7.74. The van der Waals surface area contributed by atoms with Crippen molar-refractivity contribution in [1.82, 2.24) is 5.32 Å². The minimum Gasteiger partial charge on any atom is -0.349 e. The van der Waals surface area contributed by atoms with Gasteiger partial charge in [-0.2, -0.15) is 0 Å². The maximum atomic E-state index is 11.8. The van der Waals surface area contributed by atoms with Gasteiger partial charge in [0.25, 0.3) is 5.91 Å². The lowest BCUT2D eigenvalue weighted by molar-refractivity contribution is 0.0949. The van der Waals surface area contributed by atoms with E-state index in [1.54, 1.807) is 0 Å². The van der Waals surface area contributed by atoms with Crippen LogP contribution in [0.15, 0.2) is 24.3 Å². The van der Waals surface area contributed by atoms with E-state index in [-0.39, 0.29) is 5.91 Å². The summed E-state index contributed by atoms with van der Waals surface area (Å²) in [4.78, 5) is 11.8. The van der Waals surface area contributed by atoms with Crippen molar-refractivity contribution in [3.8, 4) is 0 Å². The van der Waals surface area contributed by atoms with Crippen molar-refractivity contribution in [2.24, 2.45) is 11.7 Å². The average molecular weight is 218 g/mol. The average Bonchev–Trinajstić information content (AvgIpc) is 3.07. The molecule has 1 amide bonds. The topological polar surface area (TPSA) is 55.1 Å². The number of nitrogens with one attached hydrogen (secondary N) is 1. The van der Waals surface area contributed by atoms with Gasteiger partial charge in [-0.25, -0.2) is 0 Å². The minimum atomic E-state index is 0.0320. The van der Waals surface area contributed by atoms with E-state index in [9.17, 15) is 4.79 Å². The SMILES string of the molecule is CCC1CC1NC(=O)c1ccc(CN)cc1. The molecule has 2 unspecified atom stereocenters. The lowest BCUT2D eigenvalue weighted by Gasteiger charge is -2.04. The molecular formula is C13H18N2O. The number of amides is 1. The van der Waals surface area contributed by atoms with Gasteiger partial charge in [-0.3, -0.25) is 4.79 Å². The van der Waals surface area contributed by atoms with Crippen LogP contribution in [-0.2, 0) is 6.54 Å². The molecule has 0 aromatic heterocycles. The number of carbonyl (C=O) groups is 1. The Labute approximate surface area is 96.0 Å². The number of hydrogen-bond acceptors (Lipinski definition) is 2. The fraction of sp³-hybridized carbons (Fsp3) is 0.462. The van der Waals surface area contributed by atoms with Crippen molar-refractivity contribution in [2.45, 2.75) is 32.4 Å². The molecule has 1 aliphatic rings. The molecule has 0 saturated heterocycles. The van der Waals surface area contributed by atoms with Crippen molar-refractivity contribution in [3.05, 3.63) is 35.4 Å². The molecule has 3 nitrogen and oxygen atoms in total. The lowest BCUT2D eigenvalue weighted by atomic mass is 10.1. The first-order valence-corrected chi connectivity index (χ1v) is 5.84. The molecule has 0 spiro atoms. The zero-order valence-corrected chi connectivity index (χ0v) is 9.57. The molecule has 1 fully saturated rings. The fourth-order valence-corrected chi connectivity index (χ4v) is 1.92. The highest BCUT2D eigenvalue weighted by atomic mass is 16.1. The Bertz CT molecular complexity index is 372. The van der Waals surface area contributed by atoms with Crippen LogP contribution >= 0.6 is 0 Å². The summed E-state index contributed by atoms with van der Waals surface area (Å²) < 4.78 is 0. The van der Waals surface area contributed by atoms with Gasteiger partial charge in [-0.1, -0.05) is 25.5 Å². The summed E-state index contributed by atoms with van der Waals surface area (Å²) in [6.07, 6.45) is 2.28. The largest absolute Gasteiger partial charge is 0.349 e. The van der Waals surface area contributed by atoms with E-state index in [4.69, 9.17) is 5.73 Å². The van der Waals surface area contributed by atoms with Crippen molar-refractivity contribution in [2.75, 3.05) is 0 Å². The van der Waals surface area contributed by atoms with Crippen LogP contribution < -0.4 is 11.1 Å². The van der Waals surface area contributed by atoms with Crippen LogP contribution in [0.4, 0.5) is 0 Å². The van der Waals surface area contributed by atoms with Crippen LogP contribution in [0.3, 0.4) is 0 Å². The summed E-state index contributed by atoms with van der Waals surface area (Å²) in [5.74, 6) is 0.719. The van der Waals surface area contributed by atoms with E-state index < -0.39 is 0 Å². The fourth-order valence-electron chi connectivity index (χ4n) is 1.92. The molecule has 1 aromatic carbocycles. The quantitative estimate of drug-likeness (QED) is 0.807. The first-order valence-electron chi connectivity index (χ1n) is 5.84. The highest BCUT2D eigenvalue weighted by molar-refractivity contribution is 5.94. The maximum Gasteiger partial charge on any atom is 0.251 e. The zero-order valence-electron chi connectivity index (χ0n) is 9.57. The smallest absolute Gasteiger partial charge is 0.251 e. The number of rotatable bonds is 4. The number of hydrogen-bond donors (Lipinski definition) is 2.